The Hall–Kier alpha value is -2.66. The summed E-state index contributed by atoms with van der Waals surface area (Å²) in [7, 11) is 1.67. The summed E-state index contributed by atoms with van der Waals surface area (Å²) in [5.41, 5.74) is 4.15. The normalized spacial score (nSPS) is 15.1. The van der Waals surface area contributed by atoms with Gasteiger partial charge in [-0.3, -0.25) is 0 Å². The van der Waals surface area contributed by atoms with Gasteiger partial charge in [-0.2, -0.15) is 0 Å². The minimum atomic E-state index is -0.375. The fourth-order valence-corrected chi connectivity index (χ4v) is 3.95. The van der Waals surface area contributed by atoms with Gasteiger partial charge in [-0.05, 0) is 52.0 Å². The minimum absolute atomic E-state index is 0.375. The Morgan fingerprint density at radius 3 is 2.64 bits per heavy atom. The van der Waals surface area contributed by atoms with Crippen molar-refractivity contribution in [2.24, 2.45) is 0 Å². The van der Waals surface area contributed by atoms with Gasteiger partial charge < -0.3 is 18.9 Å². The summed E-state index contributed by atoms with van der Waals surface area (Å²) in [5, 5.41) is 4.69. The molecule has 0 aliphatic carbocycles. The summed E-state index contributed by atoms with van der Waals surface area (Å²) in [4.78, 5) is 2.21. The van der Waals surface area contributed by atoms with Crippen LogP contribution in [-0.4, -0.2) is 24.4 Å². The smallest absolute Gasteiger partial charge is 0.144 e. The Morgan fingerprint density at radius 2 is 1.96 bits per heavy atom. The van der Waals surface area contributed by atoms with E-state index in [2.05, 4.69) is 30.0 Å². The van der Waals surface area contributed by atoms with Gasteiger partial charge in [0.15, 0.2) is 0 Å². The predicted octanol–water partition coefficient (Wildman–Crippen LogP) is 5.93. The highest BCUT2D eigenvalue weighted by Gasteiger charge is 2.34. The second-order valence-corrected chi connectivity index (χ2v) is 8.06. The van der Waals surface area contributed by atoms with Gasteiger partial charge in [0, 0.05) is 22.9 Å². The third kappa shape index (κ3) is 3.20. The van der Waals surface area contributed by atoms with Crippen LogP contribution in [0.15, 0.2) is 40.9 Å². The van der Waals surface area contributed by atoms with Crippen LogP contribution >= 0.6 is 11.6 Å². The number of aryl methyl sites for hydroxylation is 2. The highest BCUT2D eigenvalue weighted by molar-refractivity contribution is 6.34. The second-order valence-electron chi connectivity index (χ2n) is 7.65. The van der Waals surface area contributed by atoms with E-state index in [1.165, 1.54) is 0 Å². The number of hydrogen-bond acceptors (Lipinski definition) is 5. The van der Waals surface area contributed by atoms with Crippen molar-refractivity contribution in [3.05, 3.63) is 52.9 Å². The predicted molar refractivity (Wildman–Crippen MR) is 111 cm³/mol. The Balaban J connectivity index is 1.88. The molecule has 0 unspecified atom stereocenters. The molecule has 1 aliphatic heterocycles. The van der Waals surface area contributed by atoms with Crippen LogP contribution in [0.5, 0.6) is 11.5 Å². The van der Waals surface area contributed by atoms with Crippen LogP contribution in [0.3, 0.4) is 0 Å². The molecule has 0 spiro atoms. The molecule has 4 rings (SSSR count). The summed E-state index contributed by atoms with van der Waals surface area (Å²) in [6.07, 6.45) is 0. The first-order valence-corrected chi connectivity index (χ1v) is 9.54. The monoisotopic (exact) mass is 398 g/mol. The molecule has 146 valence electrons. The van der Waals surface area contributed by atoms with Crippen LogP contribution in [0.25, 0.3) is 11.1 Å². The number of anilines is 2. The molecule has 0 atom stereocenters. The Bertz CT molecular complexity index is 1020. The lowest BCUT2D eigenvalue weighted by molar-refractivity contribution is 0.109. The van der Waals surface area contributed by atoms with Gasteiger partial charge in [-0.15, -0.1) is 0 Å². The summed E-state index contributed by atoms with van der Waals surface area (Å²) >= 11 is 6.70. The molecule has 0 fully saturated rings. The fourth-order valence-electron chi connectivity index (χ4n) is 3.70. The number of fused-ring (bicyclic) bond motifs is 1. The highest BCUT2D eigenvalue weighted by Crippen LogP contribution is 2.47. The number of aromatic nitrogens is 1. The van der Waals surface area contributed by atoms with E-state index in [1.807, 2.05) is 44.2 Å². The Kier molecular flexibility index (Phi) is 4.50. The topological polar surface area (TPSA) is 47.7 Å². The number of benzene rings is 2. The molecule has 2 heterocycles. The van der Waals surface area contributed by atoms with E-state index in [4.69, 9.17) is 25.6 Å². The summed E-state index contributed by atoms with van der Waals surface area (Å²) in [5.74, 6) is 2.32. The largest absolute Gasteiger partial charge is 0.497 e. The van der Waals surface area contributed by atoms with Gasteiger partial charge in [0.2, 0.25) is 0 Å². The van der Waals surface area contributed by atoms with Gasteiger partial charge in [-0.1, -0.05) is 22.8 Å². The third-order valence-electron chi connectivity index (χ3n) is 4.93. The molecule has 0 amide bonds. The van der Waals surface area contributed by atoms with Crippen molar-refractivity contribution in [1.29, 1.82) is 0 Å². The van der Waals surface area contributed by atoms with Crippen molar-refractivity contribution in [3.8, 4) is 22.6 Å². The van der Waals surface area contributed by atoms with Crippen LogP contribution in [0.1, 0.15) is 25.3 Å². The molecule has 3 aromatic rings. The average Bonchev–Trinajstić information content (AvgIpc) is 2.99. The number of nitrogens with zero attached hydrogens (tertiary/aromatic N) is 2. The van der Waals surface area contributed by atoms with Gasteiger partial charge in [0.05, 0.1) is 30.1 Å². The Morgan fingerprint density at radius 1 is 1.18 bits per heavy atom. The van der Waals surface area contributed by atoms with Crippen molar-refractivity contribution < 1.29 is 14.0 Å². The summed E-state index contributed by atoms with van der Waals surface area (Å²) in [6, 6.07) is 11.9. The van der Waals surface area contributed by atoms with Gasteiger partial charge in [0.1, 0.15) is 22.9 Å². The molecule has 0 saturated heterocycles. The lowest BCUT2D eigenvalue weighted by atomic mass is 9.99. The maximum atomic E-state index is 6.70. The zero-order valence-electron chi connectivity index (χ0n) is 16.7. The lowest BCUT2D eigenvalue weighted by Gasteiger charge is -2.41. The zero-order chi connectivity index (χ0) is 20.1. The van der Waals surface area contributed by atoms with E-state index in [9.17, 15) is 0 Å². The van der Waals surface area contributed by atoms with Crippen LogP contribution in [0, 0.1) is 13.8 Å². The maximum absolute atomic E-state index is 6.70. The molecule has 0 saturated carbocycles. The van der Waals surface area contributed by atoms with Crippen molar-refractivity contribution >= 4 is 23.0 Å². The SMILES string of the molecule is COc1cccc(N2CC(C)(C)Oc3cc(-c4c(C)noc4C)c(Cl)cc32)c1. The van der Waals surface area contributed by atoms with E-state index in [-0.39, 0.29) is 5.60 Å². The number of ether oxygens (including phenoxy) is 2. The lowest BCUT2D eigenvalue weighted by Crippen LogP contribution is -2.44. The molecule has 2 aromatic carbocycles. The maximum Gasteiger partial charge on any atom is 0.144 e. The molecule has 28 heavy (non-hydrogen) atoms. The summed E-state index contributed by atoms with van der Waals surface area (Å²) in [6.45, 7) is 8.64. The molecule has 5 nitrogen and oxygen atoms in total. The first-order chi connectivity index (χ1) is 13.3. The fraction of sp³-hybridized carbons (Fsp3) is 0.318. The molecule has 0 N–H and O–H groups in total. The molecule has 0 radical (unpaired) electrons. The van der Waals surface area contributed by atoms with Crippen molar-refractivity contribution in [2.45, 2.75) is 33.3 Å². The molecule has 0 bridgehead atoms. The zero-order valence-corrected chi connectivity index (χ0v) is 17.4. The van der Waals surface area contributed by atoms with E-state index >= 15 is 0 Å². The first kappa shape index (κ1) is 18.7. The highest BCUT2D eigenvalue weighted by atomic mass is 35.5. The van der Waals surface area contributed by atoms with E-state index in [1.54, 1.807) is 7.11 Å². The minimum Gasteiger partial charge on any atom is -0.497 e. The first-order valence-electron chi connectivity index (χ1n) is 9.16. The van der Waals surface area contributed by atoms with Crippen molar-refractivity contribution in [1.82, 2.24) is 5.16 Å². The van der Waals surface area contributed by atoms with Crippen LogP contribution in [0.4, 0.5) is 11.4 Å². The van der Waals surface area contributed by atoms with Crippen LogP contribution < -0.4 is 14.4 Å². The number of hydrogen-bond donors (Lipinski definition) is 0. The third-order valence-corrected chi connectivity index (χ3v) is 5.24. The number of methoxy groups -OCH3 is 1. The molecule has 1 aliphatic rings. The Labute approximate surface area is 169 Å². The van der Waals surface area contributed by atoms with Crippen LogP contribution in [0.2, 0.25) is 5.02 Å². The van der Waals surface area contributed by atoms with E-state index < -0.39 is 0 Å². The molecule has 6 heteroatoms. The van der Waals surface area contributed by atoms with E-state index in [0.29, 0.717) is 11.6 Å². The van der Waals surface area contributed by atoms with E-state index in [0.717, 1.165) is 45.5 Å². The average molecular weight is 399 g/mol. The van der Waals surface area contributed by atoms with Gasteiger partial charge in [0.25, 0.3) is 0 Å². The quantitative estimate of drug-likeness (QED) is 0.547. The number of rotatable bonds is 3. The molecule has 1 aromatic heterocycles. The van der Waals surface area contributed by atoms with Gasteiger partial charge >= 0.3 is 0 Å². The molecular weight excluding hydrogens is 376 g/mol. The van der Waals surface area contributed by atoms with Gasteiger partial charge in [-0.25, -0.2) is 0 Å². The van der Waals surface area contributed by atoms with Crippen molar-refractivity contribution in [2.75, 3.05) is 18.6 Å². The molecular formula is C22H23ClN2O3. The van der Waals surface area contributed by atoms with Crippen molar-refractivity contribution in [3.63, 3.8) is 0 Å². The summed E-state index contributed by atoms with van der Waals surface area (Å²) < 4.78 is 17.1. The number of halogens is 1. The standard InChI is InChI=1S/C22H23ClN2O3/c1-13-21(14(2)28-24-13)17-10-20-19(11-18(17)23)25(12-22(3,4)27-20)15-7-6-8-16(9-15)26-5/h6-11H,12H2,1-5H3. The second kappa shape index (κ2) is 6.74. The van der Waals surface area contributed by atoms with Crippen LogP contribution in [-0.2, 0) is 0 Å².